The van der Waals surface area contributed by atoms with Crippen molar-refractivity contribution in [2.24, 2.45) is 0 Å². The van der Waals surface area contributed by atoms with Crippen LogP contribution in [0.25, 0.3) is 0 Å². The number of benzene rings is 2. The van der Waals surface area contributed by atoms with Crippen molar-refractivity contribution < 1.29 is 14.2 Å². The Balaban J connectivity index is 1.38. The van der Waals surface area contributed by atoms with Crippen molar-refractivity contribution in [1.29, 1.82) is 0 Å². The maximum Gasteiger partial charge on any atom is 0.134 e. The van der Waals surface area contributed by atoms with E-state index in [1.165, 1.54) is 99.3 Å². The second kappa shape index (κ2) is 13.8. The minimum absolute atomic E-state index is 0.762. The van der Waals surface area contributed by atoms with E-state index in [0.29, 0.717) is 0 Å². The normalized spacial score (nSPS) is 13.9. The summed E-state index contributed by atoms with van der Waals surface area (Å²) in [4.78, 5) is 0. The lowest BCUT2D eigenvalue weighted by molar-refractivity contribution is 0.353. The summed E-state index contributed by atoms with van der Waals surface area (Å²) in [5.41, 5.74) is 5.20. The summed E-state index contributed by atoms with van der Waals surface area (Å²) in [5.74, 6) is 4.09. The lowest BCUT2D eigenvalue weighted by atomic mass is 10.00. The van der Waals surface area contributed by atoms with E-state index >= 15 is 0 Å². The predicted molar refractivity (Wildman–Crippen MR) is 146 cm³/mol. The Morgan fingerprint density at radius 1 is 0.571 bits per heavy atom. The van der Waals surface area contributed by atoms with Gasteiger partial charge in [0.05, 0.1) is 13.2 Å². The summed E-state index contributed by atoms with van der Waals surface area (Å²) in [6, 6.07) is 8.81. The van der Waals surface area contributed by atoms with Crippen molar-refractivity contribution in [1.82, 2.24) is 0 Å². The van der Waals surface area contributed by atoms with Gasteiger partial charge in [0.25, 0.3) is 0 Å². The largest absolute Gasteiger partial charge is 0.493 e. The molecule has 0 unspecified atom stereocenters. The van der Waals surface area contributed by atoms with Crippen LogP contribution in [0.15, 0.2) is 24.3 Å². The number of unbranched alkanes of at least 4 members (excludes halogenated alkanes) is 10. The van der Waals surface area contributed by atoms with Crippen molar-refractivity contribution in [3.63, 3.8) is 0 Å². The van der Waals surface area contributed by atoms with E-state index in [9.17, 15) is 0 Å². The molecule has 2 aromatic carbocycles. The fraction of sp³-hybridized carbons (Fsp3) is 0.625. The van der Waals surface area contributed by atoms with E-state index < -0.39 is 0 Å². The van der Waals surface area contributed by atoms with Gasteiger partial charge < -0.3 is 14.2 Å². The molecule has 35 heavy (non-hydrogen) atoms. The molecule has 3 nitrogen and oxygen atoms in total. The van der Waals surface area contributed by atoms with Gasteiger partial charge in [0.1, 0.15) is 23.0 Å². The van der Waals surface area contributed by atoms with Crippen molar-refractivity contribution >= 4 is 0 Å². The Hall–Kier alpha value is -2.16. The number of rotatable bonds is 16. The van der Waals surface area contributed by atoms with Crippen LogP contribution in [0, 0.1) is 0 Å². The number of hydrogen-bond donors (Lipinski definition) is 0. The lowest BCUT2D eigenvalue weighted by Crippen LogP contribution is -1.97. The van der Waals surface area contributed by atoms with Gasteiger partial charge in [-0.2, -0.15) is 0 Å². The quantitative estimate of drug-likeness (QED) is 0.225. The SMILES string of the molecule is CCCCCCCCc1ccc(Oc2ccc(CCCCCCCC)c3c2CCO3)c2c1OCC2. The van der Waals surface area contributed by atoms with Gasteiger partial charge in [-0.25, -0.2) is 0 Å². The van der Waals surface area contributed by atoms with E-state index in [1.807, 2.05) is 0 Å². The highest BCUT2D eigenvalue weighted by atomic mass is 16.5. The molecule has 0 N–H and O–H groups in total. The van der Waals surface area contributed by atoms with Crippen LogP contribution < -0.4 is 14.2 Å². The zero-order valence-electron chi connectivity index (χ0n) is 22.3. The Labute approximate surface area is 213 Å². The maximum atomic E-state index is 6.55. The van der Waals surface area contributed by atoms with Gasteiger partial charge in [-0.15, -0.1) is 0 Å². The summed E-state index contributed by atoms with van der Waals surface area (Å²) < 4.78 is 18.7. The van der Waals surface area contributed by atoms with Crippen LogP contribution in [0.1, 0.15) is 113 Å². The molecular weight excluding hydrogens is 432 g/mol. The zero-order chi connectivity index (χ0) is 24.3. The molecule has 4 rings (SSSR count). The van der Waals surface area contributed by atoms with Gasteiger partial charge in [-0.1, -0.05) is 90.2 Å². The van der Waals surface area contributed by atoms with E-state index in [1.54, 1.807) is 0 Å². The zero-order valence-corrected chi connectivity index (χ0v) is 22.3. The maximum absolute atomic E-state index is 6.55. The Morgan fingerprint density at radius 3 is 1.46 bits per heavy atom. The first-order chi connectivity index (χ1) is 17.3. The standard InChI is InChI=1S/C32H46O3/c1-3-5-7-9-11-13-15-25-17-19-29(27-21-23-33-31(25)27)35-30-20-18-26(32-28(30)22-24-34-32)16-14-12-10-8-6-4-2/h17-20H,3-16,21-24H2,1-2H3. The molecule has 192 valence electrons. The summed E-state index contributed by atoms with van der Waals surface area (Å²) in [6.45, 7) is 6.07. The monoisotopic (exact) mass is 478 g/mol. The van der Waals surface area contributed by atoms with Crippen LogP contribution in [-0.2, 0) is 25.7 Å². The molecule has 2 aliphatic rings. The van der Waals surface area contributed by atoms with E-state index in [4.69, 9.17) is 14.2 Å². The second-order valence-corrected chi connectivity index (χ2v) is 10.4. The first kappa shape index (κ1) is 25.9. The van der Waals surface area contributed by atoms with Crippen molar-refractivity contribution in [3.8, 4) is 23.0 Å². The number of aryl methyl sites for hydroxylation is 2. The van der Waals surface area contributed by atoms with Gasteiger partial charge >= 0.3 is 0 Å². The molecule has 0 saturated carbocycles. The van der Waals surface area contributed by atoms with Crippen molar-refractivity contribution in [2.75, 3.05) is 13.2 Å². The highest BCUT2D eigenvalue weighted by Gasteiger charge is 2.25. The van der Waals surface area contributed by atoms with Gasteiger partial charge in [0, 0.05) is 24.0 Å². The Bertz CT molecular complexity index is 857. The first-order valence-corrected chi connectivity index (χ1v) is 14.5. The fourth-order valence-electron chi connectivity index (χ4n) is 5.55. The van der Waals surface area contributed by atoms with Crippen molar-refractivity contribution in [2.45, 2.75) is 117 Å². The van der Waals surface area contributed by atoms with E-state index in [2.05, 4.69) is 38.1 Å². The van der Waals surface area contributed by atoms with Crippen molar-refractivity contribution in [3.05, 3.63) is 46.5 Å². The third-order valence-electron chi connectivity index (χ3n) is 7.61. The fourth-order valence-corrected chi connectivity index (χ4v) is 5.55. The molecule has 0 aliphatic carbocycles. The predicted octanol–water partition coefficient (Wildman–Crippen LogP) is 9.15. The molecule has 2 heterocycles. The molecular formula is C32H46O3. The van der Waals surface area contributed by atoms with Crippen LogP contribution in [0.2, 0.25) is 0 Å². The third kappa shape index (κ3) is 6.96. The van der Waals surface area contributed by atoms with Gasteiger partial charge in [-0.3, -0.25) is 0 Å². The van der Waals surface area contributed by atoms with E-state index in [-0.39, 0.29) is 0 Å². The van der Waals surface area contributed by atoms with Crippen LogP contribution in [0.4, 0.5) is 0 Å². The smallest absolute Gasteiger partial charge is 0.134 e. The molecule has 2 aliphatic heterocycles. The molecule has 0 bridgehead atoms. The molecule has 0 radical (unpaired) electrons. The summed E-state index contributed by atoms with van der Waals surface area (Å²) in [5, 5.41) is 0. The van der Waals surface area contributed by atoms with Gasteiger partial charge in [0.2, 0.25) is 0 Å². The average molecular weight is 479 g/mol. The first-order valence-electron chi connectivity index (χ1n) is 14.5. The highest BCUT2D eigenvalue weighted by Crippen LogP contribution is 2.43. The molecule has 0 spiro atoms. The molecule has 0 atom stereocenters. The third-order valence-corrected chi connectivity index (χ3v) is 7.61. The lowest BCUT2D eigenvalue weighted by Gasteiger charge is -2.16. The molecule has 0 aromatic heterocycles. The van der Waals surface area contributed by atoms with E-state index in [0.717, 1.165) is 61.9 Å². The topological polar surface area (TPSA) is 27.7 Å². The summed E-state index contributed by atoms with van der Waals surface area (Å²) in [7, 11) is 0. The summed E-state index contributed by atoms with van der Waals surface area (Å²) in [6.07, 6.45) is 19.9. The summed E-state index contributed by atoms with van der Waals surface area (Å²) >= 11 is 0. The number of fused-ring (bicyclic) bond motifs is 2. The second-order valence-electron chi connectivity index (χ2n) is 10.4. The van der Waals surface area contributed by atoms with Gasteiger partial charge in [-0.05, 0) is 48.9 Å². The molecule has 0 saturated heterocycles. The molecule has 0 fully saturated rings. The Morgan fingerprint density at radius 2 is 1.00 bits per heavy atom. The van der Waals surface area contributed by atoms with Crippen LogP contribution in [0.5, 0.6) is 23.0 Å². The van der Waals surface area contributed by atoms with Crippen LogP contribution in [-0.4, -0.2) is 13.2 Å². The minimum Gasteiger partial charge on any atom is -0.493 e. The molecule has 3 heteroatoms. The van der Waals surface area contributed by atoms with Crippen LogP contribution >= 0.6 is 0 Å². The van der Waals surface area contributed by atoms with Crippen LogP contribution in [0.3, 0.4) is 0 Å². The molecule has 0 amide bonds. The number of hydrogen-bond acceptors (Lipinski definition) is 3. The molecule has 2 aromatic rings. The number of ether oxygens (including phenoxy) is 3. The average Bonchev–Trinajstić information content (AvgIpc) is 3.56. The minimum atomic E-state index is 0.762. The Kier molecular flexibility index (Phi) is 10.2. The van der Waals surface area contributed by atoms with Gasteiger partial charge in [0.15, 0.2) is 0 Å². The highest BCUT2D eigenvalue weighted by molar-refractivity contribution is 5.57.